The standard InChI is InChI=1S/C21H24BrN3O2/c1-15-21(26)23-19-12-17(5-6-20(19)27-15)14-25-9-7-24(8-10-25)13-16-3-2-4-18(22)11-16/h2-6,11-12,15H,7-10,13-14H2,1H3,(H,23,26). The van der Waals surface area contributed by atoms with E-state index in [0.29, 0.717) is 0 Å². The summed E-state index contributed by atoms with van der Waals surface area (Å²) in [6, 6.07) is 14.6. The van der Waals surface area contributed by atoms with E-state index in [4.69, 9.17) is 4.74 Å². The number of ether oxygens (including phenoxy) is 1. The molecule has 1 fully saturated rings. The van der Waals surface area contributed by atoms with Crippen molar-refractivity contribution in [3.63, 3.8) is 0 Å². The number of benzene rings is 2. The Labute approximate surface area is 168 Å². The number of rotatable bonds is 4. The zero-order valence-corrected chi connectivity index (χ0v) is 17.0. The first-order chi connectivity index (χ1) is 13.1. The first kappa shape index (κ1) is 18.5. The molecule has 5 nitrogen and oxygen atoms in total. The molecule has 2 aromatic rings. The first-order valence-electron chi connectivity index (χ1n) is 9.36. The van der Waals surface area contributed by atoms with Crippen LogP contribution in [0.1, 0.15) is 18.1 Å². The molecule has 2 aliphatic rings. The molecule has 1 unspecified atom stereocenters. The lowest BCUT2D eigenvalue weighted by molar-refractivity contribution is -0.122. The summed E-state index contributed by atoms with van der Waals surface area (Å²) in [5.41, 5.74) is 3.33. The average molecular weight is 430 g/mol. The van der Waals surface area contributed by atoms with Crippen LogP contribution in [0, 0.1) is 0 Å². The molecule has 4 rings (SSSR count). The number of carbonyl (C=O) groups excluding carboxylic acids is 1. The van der Waals surface area contributed by atoms with Crippen LogP contribution in [-0.2, 0) is 17.9 Å². The molecule has 6 heteroatoms. The van der Waals surface area contributed by atoms with Crippen LogP contribution in [0.25, 0.3) is 0 Å². The summed E-state index contributed by atoms with van der Waals surface area (Å²) in [5.74, 6) is 0.672. The predicted molar refractivity (Wildman–Crippen MR) is 110 cm³/mol. The van der Waals surface area contributed by atoms with E-state index in [1.165, 1.54) is 11.1 Å². The quantitative estimate of drug-likeness (QED) is 0.807. The minimum Gasteiger partial charge on any atom is -0.479 e. The van der Waals surface area contributed by atoms with Gasteiger partial charge >= 0.3 is 0 Å². The Morgan fingerprint density at radius 2 is 1.70 bits per heavy atom. The largest absolute Gasteiger partial charge is 0.479 e. The van der Waals surface area contributed by atoms with Gasteiger partial charge in [0.15, 0.2) is 6.10 Å². The third-order valence-corrected chi connectivity index (χ3v) is 5.63. The molecule has 1 atom stereocenters. The molecule has 0 saturated carbocycles. The number of piperazine rings is 1. The van der Waals surface area contributed by atoms with E-state index in [9.17, 15) is 4.79 Å². The summed E-state index contributed by atoms with van der Waals surface area (Å²) >= 11 is 3.54. The molecule has 0 spiro atoms. The highest BCUT2D eigenvalue weighted by Gasteiger charge is 2.24. The van der Waals surface area contributed by atoms with E-state index in [0.717, 1.165) is 55.2 Å². The smallest absolute Gasteiger partial charge is 0.265 e. The molecular weight excluding hydrogens is 406 g/mol. The SMILES string of the molecule is CC1Oc2ccc(CN3CCN(Cc4cccc(Br)c4)CC3)cc2NC1=O. The highest BCUT2D eigenvalue weighted by atomic mass is 79.9. The van der Waals surface area contributed by atoms with Crippen molar-refractivity contribution in [2.24, 2.45) is 0 Å². The van der Waals surface area contributed by atoms with Crippen molar-refractivity contribution < 1.29 is 9.53 Å². The maximum Gasteiger partial charge on any atom is 0.265 e. The third-order valence-electron chi connectivity index (χ3n) is 5.14. The first-order valence-corrected chi connectivity index (χ1v) is 10.2. The molecule has 2 aromatic carbocycles. The summed E-state index contributed by atoms with van der Waals surface area (Å²) in [6.07, 6.45) is -0.429. The summed E-state index contributed by atoms with van der Waals surface area (Å²) in [7, 11) is 0. The van der Waals surface area contributed by atoms with Crippen molar-refractivity contribution in [2.45, 2.75) is 26.1 Å². The van der Waals surface area contributed by atoms with Crippen LogP contribution in [0.2, 0.25) is 0 Å². The Morgan fingerprint density at radius 1 is 1.04 bits per heavy atom. The Hall–Kier alpha value is -1.89. The number of hydrogen-bond donors (Lipinski definition) is 1. The van der Waals surface area contributed by atoms with Gasteiger partial charge in [-0.2, -0.15) is 0 Å². The lowest BCUT2D eigenvalue weighted by atomic mass is 10.1. The van der Waals surface area contributed by atoms with Gasteiger partial charge < -0.3 is 10.1 Å². The number of fused-ring (bicyclic) bond motifs is 1. The van der Waals surface area contributed by atoms with E-state index in [2.05, 4.69) is 61.4 Å². The number of carbonyl (C=O) groups is 1. The number of hydrogen-bond acceptors (Lipinski definition) is 4. The lowest BCUT2D eigenvalue weighted by Gasteiger charge is -2.35. The Bertz CT molecular complexity index is 834. The second kappa shape index (κ2) is 8.00. The average Bonchev–Trinajstić information content (AvgIpc) is 2.65. The summed E-state index contributed by atoms with van der Waals surface area (Å²) in [4.78, 5) is 16.8. The van der Waals surface area contributed by atoms with Crippen LogP contribution in [0.4, 0.5) is 5.69 Å². The molecule has 27 heavy (non-hydrogen) atoms. The number of amides is 1. The number of halogens is 1. The van der Waals surface area contributed by atoms with Crippen LogP contribution in [0.5, 0.6) is 5.75 Å². The Balaban J connectivity index is 1.32. The second-order valence-electron chi connectivity index (χ2n) is 7.26. The van der Waals surface area contributed by atoms with Crippen molar-refractivity contribution in [2.75, 3.05) is 31.5 Å². The zero-order valence-electron chi connectivity index (χ0n) is 15.5. The van der Waals surface area contributed by atoms with Gasteiger partial charge in [0, 0.05) is 43.7 Å². The predicted octanol–water partition coefficient (Wildman–Crippen LogP) is 3.49. The Kier molecular flexibility index (Phi) is 5.48. The highest BCUT2D eigenvalue weighted by molar-refractivity contribution is 9.10. The molecule has 1 saturated heterocycles. The number of nitrogens with one attached hydrogen (secondary N) is 1. The molecule has 0 radical (unpaired) electrons. The van der Waals surface area contributed by atoms with Gasteiger partial charge in [-0.25, -0.2) is 0 Å². The fourth-order valence-corrected chi connectivity index (χ4v) is 4.06. The maximum atomic E-state index is 11.8. The summed E-state index contributed by atoms with van der Waals surface area (Å²) < 4.78 is 6.77. The van der Waals surface area contributed by atoms with Crippen molar-refractivity contribution in [1.29, 1.82) is 0 Å². The zero-order chi connectivity index (χ0) is 18.8. The molecule has 1 amide bonds. The summed E-state index contributed by atoms with van der Waals surface area (Å²) in [5, 5.41) is 2.93. The number of anilines is 1. The van der Waals surface area contributed by atoms with Gasteiger partial charge in [0.2, 0.25) is 0 Å². The minimum absolute atomic E-state index is 0.0826. The maximum absolute atomic E-state index is 11.8. The van der Waals surface area contributed by atoms with Crippen molar-refractivity contribution in [3.8, 4) is 5.75 Å². The van der Waals surface area contributed by atoms with Gasteiger partial charge in [-0.3, -0.25) is 14.6 Å². The van der Waals surface area contributed by atoms with Gasteiger partial charge in [0.05, 0.1) is 5.69 Å². The summed E-state index contributed by atoms with van der Waals surface area (Å²) in [6.45, 7) is 7.87. The molecule has 142 valence electrons. The monoisotopic (exact) mass is 429 g/mol. The third kappa shape index (κ3) is 4.51. The molecule has 0 aliphatic carbocycles. The Morgan fingerprint density at radius 3 is 2.37 bits per heavy atom. The molecule has 0 aromatic heterocycles. The second-order valence-corrected chi connectivity index (χ2v) is 8.18. The molecule has 2 heterocycles. The van der Waals surface area contributed by atoms with E-state index >= 15 is 0 Å². The van der Waals surface area contributed by atoms with Gasteiger partial charge in [-0.05, 0) is 42.3 Å². The van der Waals surface area contributed by atoms with Gasteiger partial charge in [0.1, 0.15) is 5.75 Å². The van der Waals surface area contributed by atoms with Gasteiger partial charge in [-0.15, -0.1) is 0 Å². The highest BCUT2D eigenvalue weighted by Crippen LogP contribution is 2.30. The number of nitrogens with zero attached hydrogens (tertiary/aromatic N) is 2. The molecular formula is C21H24BrN3O2. The van der Waals surface area contributed by atoms with E-state index in [-0.39, 0.29) is 5.91 Å². The van der Waals surface area contributed by atoms with Crippen molar-refractivity contribution >= 4 is 27.5 Å². The van der Waals surface area contributed by atoms with Crippen LogP contribution in [0.3, 0.4) is 0 Å². The van der Waals surface area contributed by atoms with Gasteiger partial charge in [0.25, 0.3) is 5.91 Å². The fraction of sp³-hybridized carbons (Fsp3) is 0.381. The van der Waals surface area contributed by atoms with E-state index in [1.54, 1.807) is 6.92 Å². The van der Waals surface area contributed by atoms with Gasteiger partial charge in [-0.1, -0.05) is 34.1 Å². The van der Waals surface area contributed by atoms with Crippen LogP contribution >= 0.6 is 15.9 Å². The van der Waals surface area contributed by atoms with E-state index < -0.39 is 6.10 Å². The van der Waals surface area contributed by atoms with Crippen LogP contribution in [-0.4, -0.2) is 48.0 Å². The molecule has 2 aliphatic heterocycles. The topological polar surface area (TPSA) is 44.8 Å². The fourth-order valence-electron chi connectivity index (χ4n) is 3.61. The molecule has 1 N–H and O–H groups in total. The molecule has 0 bridgehead atoms. The van der Waals surface area contributed by atoms with Crippen LogP contribution in [0.15, 0.2) is 46.9 Å². The van der Waals surface area contributed by atoms with Crippen LogP contribution < -0.4 is 10.1 Å². The minimum atomic E-state index is -0.429. The van der Waals surface area contributed by atoms with Crippen molar-refractivity contribution in [1.82, 2.24) is 9.80 Å². The lowest BCUT2D eigenvalue weighted by Crippen LogP contribution is -2.45. The normalized spacial score (nSPS) is 20.7. The van der Waals surface area contributed by atoms with Crippen molar-refractivity contribution in [3.05, 3.63) is 58.1 Å². The van der Waals surface area contributed by atoms with E-state index in [1.807, 2.05) is 12.1 Å².